The van der Waals surface area contributed by atoms with Gasteiger partial charge in [0.1, 0.15) is 0 Å². The van der Waals surface area contributed by atoms with Gasteiger partial charge in [-0.05, 0) is 13.3 Å². The minimum atomic E-state index is -0.682. The fourth-order valence-corrected chi connectivity index (χ4v) is 0.526. The number of carbonyl (C=O) groups is 2. The zero-order valence-electron chi connectivity index (χ0n) is 8.88. The van der Waals surface area contributed by atoms with Crippen LogP contribution in [0.2, 0.25) is 0 Å². The van der Waals surface area contributed by atoms with Gasteiger partial charge in [0.15, 0.2) is 0 Å². The highest BCUT2D eigenvalue weighted by Gasteiger charge is 1.92. The van der Waals surface area contributed by atoms with Crippen LogP contribution in [0.1, 0.15) is 39.5 Å². The summed E-state index contributed by atoms with van der Waals surface area (Å²) < 4.78 is 0. The topological polar surface area (TPSA) is 80.4 Å². The molecule has 0 aromatic heterocycles. The maximum atomic E-state index is 9.87. The summed E-state index contributed by atoms with van der Waals surface area (Å²) in [7, 11) is 0. The molecule has 0 aliphatic carbocycles. The summed E-state index contributed by atoms with van der Waals surface area (Å²) in [4.78, 5) is 19.7. The third-order valence-electron chi connectivity index (χ3n) is 1.41. The van der Waals surface area contributed by atoms with E-state index in [1.807, 2.05) is 0 Å². The zero-order chi connectivity index (χ0) is 11.6. The van der Waals surface area contributed by atoms with Gasteiger partial charge in [-0.15, -0.1) is 0 Å². The monoisotopic (exact) mass is 201 g/mol. The fourth-order valence-electron chi connectivity index (χ4n) is 0.526. The molecule has 0 aromatic rings. The molecule has 0 saturated carbocycles. The van der Waals surface area contributed by atoms with Crippen molar-refractivity contribution in [2.75, 3.05) is 0 Å². The molecule has 0 aromatic carbocycles. The summed E-state index contributed by atoms with van der Waals surface area (Å²) in [6, 6.07) is 0. The Morgan fingerprint density at radius 3 is 2.00 bits per heavy atom. The summed E-state index contributed by atoms with van der Waals surface area (Å²) in [5, 5.41) is 8.14. The standard InChI is InChI=1S/C6H12O2.C4H7NO/c1-2-3-4-5-6(7)8;1-3(2)4(5)6/h2-5H2,1H3,(H,7,8);1H2,2H3,(H2,5,6). The lowest BCUT2D eigenvalue weighted by atomic mass is 10.2. The number of hydrogen-bond acceptors (Lipinski definition) is 2. The van der Waals surface area contributed by atoms with Gasteiger partial charge in [-0.25, -0.2) is 0 Å². The molecule has 0 bridgehead atoms. The summed E-state index contributed by atoms with van der Waals surface area (Å²) in [5.74, 6) is -1.12. The predicted molar refractivity (Wildman–Crippen MR) is 55.8 cm³/mol. The van der Waals surface area contributed by atoms with Crippen LogP contribution in [0.3, 0.4) is 0 Å². The number of rotatable bonds is 5. The maximum Gasteiger partial charge on any atom is 0.303 e. The lowest BCUT2D eigenvalue weighted by Gasteiger charge is -1.89. The first-order valence-corrected chi connectivity index (χ1v) is 4.58. The maximum absolute atomic E-state index is 9.87. The van der Waals surface area contributed by atoms with Gasteiger partial charge in [0.05, 0.1) is 0 Å². The van der Waals surface area contributed by atoms with E-state index < -0.39 is 11.9 Å². The van der Waals surface area contributed by atoms with Crippen LogP contribution in [0.15, 0.2) is 12.2 Å². The van der Waals surface area contributed by atoms with E-state index in [1.165, 1.54) is 0 Å². The zero-order valence-corrected chi connectivity index (χ0v) is 8.88. The Kier molecular flexibility index (Phi) is 10.6. The number of carboxylic acid groups (broad SMARTS) is 1. The van der Waals surface area contributed by atoms with Gasteiger partial charge in [0, 0.05) is 12.0 Å². The van der Waals surface area contributed by atoms with E-state index in [-0.39, 0.29) is 0 Å². The first-order chi connectivity index (χ1) is 6.41. The number of nitrogens with two attached hydrogens (primary N) is 1. The largest absolute Gasteiger partial charge is 0.481 e. The van der Waals surface area contributed by atoms with E-state index in [9.17, 15) is 9.59 Å². The number of carboxylic acids is 1. The van der Waals surface area contributed by atoms with Crippen LogP contribution < -0.4 is 5.73 Å². The average Bonchev–Trinajstić information content (AvgIpc) is 2.05. The van der Waals surface area contributed by atoms with Gasteiger partial charge in [-0.1, -0.05) is 26.3 Å². The highest BCUT2D eigenvalue weighted by molar-refractivity contribution is 5.90. The highest BCUT2D eigenvalue weighted by Crippen LogP contribution is 1.97. The second-order valence-electron chi connectivity index (χ2n) is 3.00. The molecule has 0 heterocycles. The molecule has 0 fully saturated rings. The van der Waals surface area contributed by atoms with Gasteiger partial charge in [0.2, 0.25) is 5.91 Å². The van der Waals surface area contributed by atoms with Gasteiger partial charge >= 0.3 is 5.97 Å². The molecule has 0 aliphatic heterocycles. The molecule has 0 atom stereocenters. The Hall–Kier alpha value is -1.32. The Morgan fingerprint density at radius 2 is 1.79 bits per heavy atom. The summed E-state index contributed by atoms with van der Waals surface area (Å²) in [6.45, 7) is 6.91. The SMILES string of the molecule is C=C(C)C(N)=O.CCCCCC(=O)O. The van der Waals surface area contributed by atoms with Crippen molar-refractivity contribution in [3.05, 3.63) is 12.2 Å². The van der Waals surface area contributed by atoms with Crippen LogP contribution >= 0.6 is 0 Å². The minimum absolute atomic E-state index is 0.327. The number of carbonyl (C=O) groups excluding carboxylic acids is 1. The third kappa shape index (κ3) is 17.0. The van der Waals surface area contributed by atoms with Crippen molar-refractivity contribution >= 4 is 11.9 Å². The van der Waals surface area contributed by atoms with Crippen molar-refractivity contribution in [2.45, 2.75) is 39.5 Å². The van der Waals surface area contributed by atoms with Crippen LogP contribution in [0.5, 0.6) is 0 Å². The van der Waals surface area contributed by atoms with E-state index in [2.05, 4.69) is 13.5 Å². The van der Waals surface area contributed by atoms with Crippen LogP contribution in [-0.4, -0.2) is 17.0 Å². The van der Waals surface area contributed by atoms with Crippen molar-refractivity contribution in [2.24, 2.45) is 5.73 Å². The lowest BCUT2D eigenvalue weighted by Crippen LogP contribution is -2.10. The molecular formula is C10H19NO3. The molecule has 0 rings (SSSR count). The molecule has 0 saturated heterocycles. The van der Waals surface area contributed by atoms with Crippen molar-refractivity contribution in [1.29, 1.82) is 0 Å². The van der Waals surface area contributed by atoms with Crippen LogP contribution in [-0.2, 0) is 9.59 Å². The fraction of sp³-hybridized carbons (Fsp3) is 0.600. The average molecular weight is 201 g/mol. The van der Waals surface area contributed by atoms with Gasteiger partial charge < -0.3 is 10.8 Å². The van der Waals surface area contributed by atoms with E-state index in [1.54, 1.807) is 6.92 Å². The molecule has 4 heteroatoms. The summed E-state index contributed by atoms with van der Waals surface area (Å²) in [6.07, 6.45) is 3.28. The predicted octanol–water partition coefficient (Wildman–Crippen LogP) is 1.70. The Balaban J connectivity index is 0. The molecule has 4 nitrogen and oxygen atoms in total. The van der Waals surface area contributed by atoms with E-state index in [4.69, 9.17) is 10.8 Å². The Bertz CT molecular complexity index is 188. The van der Waals surface area contributed by atoms with Crippen molar-refractivity contribution in [1.82, 2.24) is 0 Å². The van der Waals surface area contributed by atoms with Crippen LogP contribution in [0.25, 0.3) is 0 Å². The number of unbranched alkanes of at least 4 members (excludes halogenated alkanes) is 2. The third-order valence-corrected chi connectivity index (χ3v) is 1.41. The minimum Gasteiger partial charge on any atom is -0.481 e. The molecule has 1 amide bonds. The molecule has 0 spiro atoms. The highest BCUT2D eigenvalue weighted by atomic mass is 16.4. The molecule has 14 heavy (non-hydrogen) atoms. The molecule has 0 radical (unpaired) electrons. The van der Waals surface area contributed by atoms with Gasteiger partial charge in [-0.2, -0.15) is 0 Å². The second-order valence-corrected chi connectivity index (χ2v) is 3.00. The number of amides is 1. The van der Waals surface area contributed by atoms with Crippen molar-refractivity contribution < 1.29 is 14.7 Å². The molecule has 0 aliphatic rings. The molecule has 0 unspecified atom stereocenters. The molecular weight excluding hydrogens is 182 g/mol. The molecule has 82 valence electrons. The van der Waals surface area contributed by atoms with Crippen LogP contribution in [0.4, 0.5) is 0 Å². The van der Waals surface area contributed by atoms with Gasteiger partial charge in [-0.3, -0.25) is 9.59 Å². The number of aliphatic carboxylic acids is 1. The van der Waals surface area contributed by atoms with Crippen LogP contribution in [0, 0.1) is 0 Å². The number of primary amides is 1. The van der Waals surface area contributed by atoms with E-state index in [0.29, 0.717) is 12.0 Å². The molecule has 3 N–H and O–H groups in total. The van der Waals surface area contributed by atoms with E-state index >= 15 is 0 Å². The van der Waals surface area contributed by atoms with Crippen molar-refractivity contribution in [3.63, 3.8) is 0 Å². The van der Waals surface area contributed by atoms with Crippen molar-refractivity contribution in [3.8, 4) is 0 Å². The Labute approximate surface area is 84.8 Å². The second kappa shape index (κ2) is 9.77. The smallest absolute Gasteiger partial charge is 0.303 e. The summed E-state index contributed by atoms with van der Waals surface area (Å²) in [5.41, 5.74) is 5.09. The first-order valence-electron chi connectivity index (χ1n) is 4.58. The quantitative estimate of drug-likeness (QED) is 0.524. The summed E-state index contributed by atoms with van der Waals surface area (Å²) >= 11 is 0. The normalized spacial score (nSPS) is 8.43. The lowest BCUT2D eigenvalue weighted by molar-refractivity contribution is -0.137. The first kappa shape index (κ1) is 15.2. The Morgan fingerprint density at radius 1 is 1.36 bits per heavy atom. The van der Waals surface area contributed by atoms with E-state index in [0.717, 1.165) is 19.3 Å². The van der Waals surface area contributed by atoms with Gasteiger partial charge in [0.25, 0.3) is 0 Å². The number of hydrogen-bond donors (Lipinski definition) is 2.